The van der Waals surface area contributed by atoms with Crippen molar-refractivity contribution in [3.8, 4) is 5.75 Å². The molecule has 1 unspecified atom stereocenters. The lowest BCUT2D eigenvalue weighted by molar-refractivity contribution is 0.173. The summed E-state index contributed by atoms with van der Waals surface area (Å²) in [5, 5.41) is 3.42. The predicted octanol–water partition coefficient (Wildman–Crippen LogP) is 4.99. The van der Waals surface area contributed by atoms with Crippen LogP contribution in [0, 0.1) is 5.82 Å². The lowest BCUT2D eigenvalue weighted by Gasteiger charge is -2.23. The van der Waals surface area contributed by atoms with E-state index in [-0.39, 0.29) is 18.0 Å². The van der Waals surface area contributed by atoms with Crippen molar-refractivity contribution >= 4 is 0 Å². The van der Waals surface area contributed by atoms with Crippen LogP contribution in [-0.2, 0) is 0 Å². The number of nitrogens with one attached hydrogen (secondary N) is 1. The van der Waals surface area contributed by atoms with Crippen LogP contribution in [0.2, 0.25) is 0 Å². The third kappa shape index (κ3) is 4.70. The molecule has 2 rings (SSSR count). The molecule has 1 atom stereocenters. The standard InChI is InChI=1S/C18H28FNO/c1-3-13-20-14(2)16-11-8-12-17(19)18(16)21-15-9-6-4-5-7-10-15/h8,11-12,14-15,20H,3-7,9-10,13H2,1-2H3. The van der Waals surface area contributed by atoms with E-state index in [1.807, 2.05) is 6.07 Å². The van der Waals surface area contributed by atoms with E-state index < -0.39 is 0 Å². The molecule has 0 aromatic heterocycles. The lowest BCUT2D eigenvalue weighted by Crippen LogP contribution is -2.22. The quantitative estimate of drug-likeness (QED) is 0.746. The van der Waals surface area contributed by atoms with E-state index in [2.05, 4.69) is 19.2 Å². The monoisotopic (exact) mass is 293 g/mol. The Morgan fingerprint density at radius 1 is 1.24 bits per heavy atom. The van der Waals surface area contributed by atoms with Gasteiger partial charge in [-0.3, -0.25) is 0 Å². The van der Waals surface area contributed by atoms with Crippen molar-refractivity contribution in [2.45, 2.75) is 70.9 Å². The third-order valence-electron chi connectivity index (χ3n) is 4.25. The molecule has 0 bridgehead atoms. The molecule has 0 amide bonds. The zero-order chi connectivity index (χ0) is 15.1. The van der Waals surface area contributed by atoms with Gasteiger partial charge < -0.3 is 10.1 Å². The minimum absolute atomic E-state index is 0.112. The highest BCUT2D eigenvalue weighted by atomic mass is 19.1. The Morgan fingerprint density at radius 3 is 2.62 bits per heavy atom. The van der Waals surface area contributed by atoms with E-state index in [9.17, 15) is 4.39 Å². The molecular formula is C18H28FNO. The minimum Gasteiger partial charge on any atom is -0.487 e. The Balaban J connectivity index is 2.12. The van der Waals surface area contributed by atoms with Crippen molar-refractivity contribution in [2.75, 3.05) is 6.54 Å². The first-order chi connectivity index (χ1) is 10.2. The first kappa shape index (κ1) is 16.3. The van der Waals surface area contributed by atoms with Crippen LogP contribution in [0.15, 0.2) is 18.2 Å². The first-order valence-corrected chi connectivity index (χ1v) is 8.40. The van der Waals surface area contributed by atoms with E-state index in [1.165, 1.54) is 31.7 Å². The van der Waals surface area contributed by atoms with E-state index >= 15 is 0 Å². The van der Waals surface area contributed by atoms with Gasteiger partial charge in [-0.2, -0.15) is 0 Å². The summed E-state index contributed by atoms with van der Waals surface area (Å²) >= 11 is 0. The summed E-state index contributed by atoms with van der Waals surface area (Å²) in [6, 6.07) is 5.36. The number of halogens is 1. The largest absolute Gasteiger partial charge is 0.487 e. The molecule has 21 heavy (non-hydrogen) atoms. The molecule has 3 heteroatoms. The summed E-state index contributed by atoms with van der Waals surface area (Å²) < 4.78 is 20.3. The molecule has 2 nitrogen and oxygen atoms in total. The fraction of sp³-hybridized carbons (Fsp3) is 0.667. The molecule has 118 valence electrons. The van der Waals surface area contributed by atoms with Gasteiger partial charge >= 0.3 is 0 Å². The first-order valence-electron chi connectivity index (χ1n) is 8.40. The van der Waals surface area contributed by atoms with Gasteiger partial charge in [0.25, 0.3) is 0 Å². The molecule has 1 aliphatic carbocycles. The predicted molar refractivity (Wildman–Crippen MR) is 85.2 cm³/mol. The van der Waals surface area contributed by atoms with Crippen molar-refractivity contribution in [3.63, 3.8) is 0 Å². The Bertz CT molecular complexity index is 427. The minimum atomic E-state index is -0.234. The number of hydrogen-bond acceptors (Lipinski definition) is 2. The molecule has 0 aliphatic heterocycles. The molecule has 1 saturated carbocycles. The highest BCUT2D eigenvalue weighted by molar-refractivity contribution is 5.37. The lowest BCUT2D eigenvalue weighted by atomic mass is 10.1. The molecule has 0 heterocycles. The van der Waals surface area contributed by atoms with Crippen molar-refractivity contribution in [1.29, 1.82) is 0 Å². The molecule has 1 fully saturated rings. The second-order valence-corrected chi connectivity index (χ2v) is 6.07. The van der Waals surface area contributed by atoms with Gasteiger partial charge in [-0.25, -0.2) is 4.39 Å². The topological polar surface area (TPSA) is 21.3 Å². The molecule has 1 aromatic carbocycles. The highest BCUT2D eigenvalue weighted by Gasteiger charge is 2.20. The molecule has 0 spiro atoms. The van der Waals surface area contributed by atoms with Gasteiger partial charge in [0.1, 0.15) is 0 Å². The zero-order valence-electron chi connectivity index (χ0n) is 13.3. The normalized spacial score (nSPS) is 18.2. The zero-order valence-corrected chi connectivity index (χ0v) is 13.3. The molecule has 1 N–H and O–H groups in total. The maximum Gasteiger partial charge on any atom is 0.165 e. The van der Waals surface area contributed by atoms with E-state index in [1.54, 1.807) is 6.07 Å². The van der Waals surface area contributed by atoms with E-state index in [0.717, 1.165) is 31.4 Å². The van der Waals surface area contributed by atoms with Crippen LogP contribution in [0.4, 0.5) is 4.39 Å². The second-order valence-electron chi connectivity index (χ2n) is 6.07. The van der Waals surface area contributed by atoms with Crippen LogP contribution in [0.25, 0.3) is 0 Å². The summed E-state index contributed by atoms with van der Waals surface area (Å²) in [6.07, 6.45) is 8.27. The summed E-state index contributed by atoms with van der Waals surface area (Å²) in [7, 11) is 0. The second kappa shape index (κ2) is 8.38. The number of hydrogen-bond donors (Lipinski definition) is 1. The van der Waals surface area contributed by atoms with Crippen LogP contribution in [-0.4, -0.2) is 12.6 Å². The average molecular weight is 293 g/mol. The smallest absolute Gasteiger partial charge is 0.165 e. The number of benzene rings is 1. The maximum absolute atomic E-state index is 14.2. The van der Waals surface area contributed by atoms with Crippen LogP contribution in [0.1, 0.15) is 70.4 Å². The van der Waals surface area contributed by atoms with Gasteiger partial charge in [0.15, 0.2) is 11.6 Å². The third-order valence-corrected chi connectivity index (χ3v) is 4.25. The Hall–Kier alpha value is -1.09. The van der Waals surface area contributed by atoms with Crippen LogP contribution >= 0.6 is 0 Å². The fourth-order valence-corrected chi connectivity index (χ4v) is 2.99. The molecule has 1 aromatic rings. The fourth-order valence-electron chi connectivity index (χ4n) is 2.99. The summed E-state index contributed by atoms with van der Waals surface area (Å²) in [6.45, 7) is 5.14. The van der Waals surface area contributed by atoms with Crippen molar-refractivity contribution in [1.82, 2.24) is 5.32 Å². The highest BCUT2D eigenvalue weighted by Crippen LogP contribution is 2.31. The Morgan fingerprint density at radius 2 is 1.95 bits per heavy atom. The van der Waals surface area contributed by atoms with Crippen molar-refractivity contribution in [3.05, 3.63) is 29.6 Å². The Labute approximate surface area is 128 Å². The Kier molecular flexibility index (Phi) is 6.50. The number of ether oxygens (including phenoxy) is 1. The van der Waals surface area contributed by atoms with Crippen molar-refractivity contribution in [2.24, 2.45) is 0 Å². The number of rotatable bonds is 6. The molecule has 0 saturated heterocycles. The number of para-hydroxylation sites is 1. The molecule has 0 radical (unpaired) electrons. The summed E-state index contributed by atoms with van der Waals surface area (Å²) in [4.78, 5) is 0. The van der Waals surface area contributed by atoms with Crippen molar-refractivity contribution < 1.29 is 9.13 Å². The van der Waals surface area contributed by atoms with Gasteiger partial charge in [0.05, 0.1) is 6.10 Å². The van der Waals surface area contributed by atoms with Crippen LogP contribution in [0.5, 0.6) is 5.75 Å². The average Bonchev–Trinajstić information content (AvgIpc) is 2.75. The summed E-state index contributed by atoms with van der Waals surface area (Å²) in [5.74, 6) is 0.224. The van der Waals surface area contributed by atoms with Crippen LogP contribution < -0.4 is 10.1 Å². The van der Waals surface area contributed by atoms with Gasteiger partial charge in [-0.1, -0.05) is 31.9 Å². The molecule has 1 aliphatic rings. The van der Waals surface area contributed by atoms with E-state index in [4.69, 9.17) is 4.74 Å². The SMILES string of the molecule is CCCNC(C)c1cccc(F)c1OC1CCCCCC1. The van der Waals surface area contributed by atoms with Gasteiger partial charge in [-0.15, -0.1) is 0 Å². The summed E-state index contributed by atoms with van der Waals surface area (Å²) in [5.41, 5.74) is 0.938. The maximum atomic E-state index is 14.2. The van der Waals surface area contributed by atoms with Gasteiger partial charge in [-0.05, 0) is 51.6 Å². The van der Waals surface area contributed by atoms with Gasteiger partial charge in [0, 0.05) is 11.6 Å². The van der Waals surface area contributed by atoms with Gasteiger partial charge in [0.2, 0.25) is 0 Å². The molecular weight excluding hydrogens is 265 g/mol. The van der Waals surface area contributed by atoms with Crippen LogP contribution in [0.3, 0.4) is 0 Å². The van der Waals surface area contributed by atoms with E-state index in [0.29, 0.717) is 5.75 Å².